The molecule has 110 valence electrons. The Morgan fingerprint density at radius 3 is 3.00 bits per heavy atom. The van der Waals surface area contributed by atoms with E-state index in [2.05, 4.69) is 33.2 Å². The van der Waals surface area contributed by atoms with Crippen molar-refractivity contribution < 1.29 is 0 Å². The van der Waals surface area contributed by atoms with E-state index in [0.717, 1.165) is 31.7 Å². The maximum absolute atomic E-state index is 4.52. The number of anilines is 1. The predicted octanol–water partition coefficient (Wildman–Crippen LogP) is 2.40. The molecule has 2 aliphatic rings. The van der Waals surface area contributed by atoms with Crippen LogP contribution in [-0.4, -0.2) is 36.1 Å². The molecule has 1 atom stereocenters. The van der Waals surface area contributed by atoms with Crippen molar-refractivity contribution in [3.05, 3.63) is 18.1 Å². The van der Waals surface area contributed by atoms with Crippen LogP contribution in [-0.2, 0) is 6.42 Å². The van der Waals surface area contributed by atoms with Crippen molar-refractivity contribution >= 4 is 5.82 Å². The van der Waals surface area contributed by atoms with Crippen molar-refractivity contribution in [2.24, 2.45) is 5.41 Å². The first-order valence-electron chi connectivity index (χ1n) is 8.08. The van der Waals surface area contributed by atoms with E-state index in [0.29, 0.717) is 5.41 Å². The van der Waals surface area contributed by atoms with Crippen LogP contribution in [0.3, 0.4) is 0 Å². The van der Waals surface area contributed by atoms with Crippen molar-refractivity contribution in [1.82, 2.24) is 15.3 Å². The van der Waals surface area contributed by atoms with Gasteiger partial charge in [0.05, 0.1) is 0 Å². The number of nitrogens with one attached hydrogen (secondary N) is 1. The minimum atomic E-state index is 0.479. The van der Waals surface area contributed by atoms with Gasteiger partial charge in [0.25, 0.3) is 0 Å². The zero-order chi connectivity index (χ0) is 13.8. The van der Waals surface area contributed by atoms with Crippen molar-refractivity contribution in [3.8, 4) is 0 Å². The summed E-state index contributed by atoms with van der Waals surface area (Å²) < 4.78 is 0. The highest BCUT2D eigenvalue weighted by Crippen LogP contribution is 2.37. The Kier molecular flexibility index (Phi) is 4.20. The smallest absolute Gasteiger partial charge is 0.132 e. The summed E-state index contributed by atoms with van der Waals surface area (Å²) in [7, 11) is 0. The Morgan fingerprint density at radius 1 is 1.30 bits per heavy atom. The van der Waals surface area contributed by atoms with Crippen LogP contribution < -0.4 is 10.2 Å². The van der Waals surface area contributed by atoms with Crippen LogP contribution in [0.4, 0.5) is 5.82 Å². The zero-order valence-electron chi connectivity index (χ0n) is 12.6. The van der Waals surface area contributed by atoms with Gasteiger partial charge >= 0.3 is 0 Å². The van der Waals surface area contributed by atoms with E-state index in [1.54, 1.807) is 6.33 Å². The number of piperidine rings is 2. The molecule has 1 N–H and O–H groups in total. The van der Waals surface area contributed by atoms with Crippen LogP contribution in [0.2, 0.25) is 0 Å². The normalized spacial score (nSPS) is 26.9. The molecule has 0 radical (unpaired) electrons. The third kappa shape index (κ3) is 2.95. The fourth-order valence-corrected chi connectivity index (χ4v) is 3.73. The van der Waals surface area contributed by atoms with Crippen LogP contribution in [0.1, 0.15) is 44.7 Å². The summed E-state index contributed by atoms with van der Waals surface area (Å²) in [6, 6.07) is 2.19. The summed E-state index contributed by atoms with van der Waals surface area (Å²) in [4.78, 5) is 11.4. The van der Waals surface area contributed by atoms with Crippen LogP contribution in [0.5, 0.6) is 0 Å². The molecule has 1 aromatic heterocycles. The Bertz CT molecular complexity index is 434. The van der Waals surface area contributed by atoms with Gasteiger partial charge in [-0.15, -0.1) is 0 Å². The molecule has 4 nitrogen and oxygen atoms in total. The van der Waals surface area contributed by atoms with Gasteiger partial charge in [-0.05, 0) is 38.6 Å². The number of hydrogen-bond acceptors (Lipinski definition) is 4. The van der Waals surface area contributed by atoms with Crippen molar-refractivity contribution in [3.63, 3.8) is 0 Å². The predicted molar refractivity (Wildman–Crippen MR) is 82.0 cm³/mol. The Hall–Kier alpha value is -1.16. The molecular formula is C16H26N4. The van der Waals surface area contributed by atoms with Crippen molar-refractivity contribution in [2.75, 3.05) is 31.1 Å². The van der Waals surface area contributed by atoms with Crippen LogP contribution in [0, 0.1) is 5.41 Å². The molecule has 1 aromatic rings. The minimum absolute atomic E-state index is 0.479. The van der Waals surface area contributed by atoms with E-state index in [-0.39, 0.29) is 0 Å². The fourth-order valence-electron chi connectivity index (χ4n) is 3.73. The topological polar surface area (TPSA) is 41.0 Å². The highest BCUT2D eigenvalue weighted by atomic mass is 15.2. The SMILES string of the molecule is CCCc1cc(N2CCCC3(CCCNC3)C2)ncn1. The molecular weight excluding hydrogens is 248 g/mol. The van der Waals surface area contributed by atoms with Gasteiger partial charge in [0.2, 0.25) is 0 Å². The van der Waals surface area contributed by atoms with Crippen LogP contribution in [0.15, 0.2) is 12.4 Å². The lowest BCUT2D eigenvalue weighted by Gasteiger charge is -2.45. The molecule has 0 amide bonds. The van der Waals surface area contributed by atoms with E-state index in [9.17, 15) is 0 Å². The minimum Gasteiger partial charge on any atom is -0.356 e. The molecule has 20 heavy (non-hydrogen) atoms. The molecule has 1 unspecified atom stereocenters. The second kappa shape index (κ2) is 6.08. The average molecular weight is 274 g/mol. The molecule has 0 aromatic carbocycles. The van der Waals surface area contributed by atoms with Gasteiger partial charge < -0.3 is 10.2 Å². The third-order valence-corrected chi connectivity index (χ3v) is 4.76. The van der Waals surface area contributed by atoms with Gasteiger partial charge in [0.15, 0.2) is 0 Å². The highest BCUT2D eigenvalue weighted by Gasteiger charge is 2.36. The summed E-state index contributed by atoms with van der Waals surface area (Å²) in [5, 5.41) is 3.59. The maximum atomic E-state index is 4.52. The largest absolute Gasteiger partial charge is 0.356 e. The Balaban J connectivity index is 1.74. The summed E-state index contributed by atoms with van der Waals surface area (Å²) in [6.07, 6.45) is 9.27. The van der Waals surface area contributed by atoms with E-state index in [1.807, 2.05) is 0 Å². The van der Waals surface area contributed by atoms with Gasteiger partial charge in [-0.25, -0.2) is 9.97 Å². The lowest BCUT2D eigenvalue weighted by molar-refractivity contribution is 0.173. The summed E-state index contributed by atoms with van der Waals surface area (Å²) in [5.74, 6) is 1.13. The number of aromatic nitrogens is 2. The van der Waals surface area contributed by atoms with Gasteiger partial charge in [-0.3, -0.25) is 0 Å². The zero-order valence-corrected chi connectivity index (χ0v) is 12.6. The number of rotatable bonds is 3. The monoisotopic (exact) mass is 274 g/mol. The molecule has 0 saturated carbocycles. The third-order valence-electron chi connectivity index (χ3n) is 4.76. The molecule has 2 aliphatic heterocycles. The lowest BCUT2D eigenvalue weighted by Crippen LogP contribution is -2.51. The first kappa shape index (κ1) is 13.8. The first-order valence-corrected chi connectivity index (χ1v) is 8.08. The molecule has 2 saturated heterocycles. The summed E-state index contributed by atoms with van der Waals surface area (Å²) in [6.45, 7) is 6.87. The van der Waals surface area contributed by atoms with Gasteiger partial charge in [-0.1, -0.05) is 13.3 Å². The molecule has 0 aliphatic carbocycles. The molecule has 0 bridgehead atoms. The van der Waals surface area contributed by atoms with E-state index in [1.165, 1.54) is 44.5 Å². The van der Waals surface area contributed by atoms with Crippen LogP contribution in [0.25, 0.3) is 0 Å². The van der Waals surface area contributed by atoms with E-state index < -0.39 is 0 Å². The van der Waals surface area contributed by atoms with Gasteiger partial charge in [-0.2, -0.15) is 0 Å². The quantitative estimate of drug-likeness (QED) is 0.919. The fraction of sp³-hybridized carbons (Fsp3) is 0.750. The second-order valence-electron chi connectivity index (χ2n) is 6.42. The van der Waals surface area contributed by atoms with Gasteiger partial charge in [0, 0.05) is 36.8 Å². The molecule has 2 fully saturated rings. The summed E-state index contributed by atoms with van der Waals surface area (Å²) >= 11 is 0. The summed E-state index contributed by atoms with van der Waals surface area (Å²) in [5.41, 5.74) is 1.66. The number of aryl methyl sites for hydroxylation is 1. The van der Waals surface area contributed by atoms with Crippen molar-refractivity contribution in [2.45, 2.75) is 45.4 Å². The van der Waals surface area contributed by atoms with Gasteiger partial charge in [0.1, 0.15) is 12.1 Å². The second-order valence-corrected chi connectivity index (χ2v) is 6.42. The maximum Gasteiger partial charge on any atom is 0.132 e. The Labute approximate surface area is 122 Å². The van der Waals surface area contributed by atoms with Crippen LogP contribution >= 0.6 is 0 Å². The lowest BCUT2D eigenvalue weighted by atomic mass is 9.74. The number of nitrogens with zero attached hydrogens (tertiary/aromatic N) is 3. The van der Waals surface area contributed by atoms with Crippen molar-refractivity contribution in [1.29, 1.82) is 0 Å². The average Bonchev–Trinajstić information content (AvgIpc) is 2.49. The highest BCUT2D eigenvalue weighted by molar-refractivity contribution is 5.40. The molecule has 4 heteroatoms. The van der Waals surface area contributed by atoms with E-state index in [4.69, 9.17) is 0 Å². The standard InChI is InChI=1S/C16H26N4/c1-2-5-14-10-15(19-13-18-14)20-9-4-7-16(12-20)6-3-8-17-11-16/h10,13,17H,2-9,11-12H2,1H3. The number of hydrogen-bond donors (Lipinski definition) is 1. The first-order chi connectivity index (χ1) is 9.81. The molecule has 3 rings (SSSR count). The molecule has 3 heterocycles. The van der Waals surface area contributed by atoms with E-state index >= 15 is 0 Å². The molecule has 1 spiro atoms. The Morgan fingerprint density at radius 2 is 2.20 bits per heavy atom.